The zero-order chi connectivity index (χ0) is 17.7. The molecule has 3 N–H and O–H groups in total. The molecule has 0 amide bonds. The smallest absolute Gasteiger partial charge is 0.159 e. The molecule has 2 aromatic carbocycles. The number of anilines is 1. The predicted octanol–water partition coefficient (Wildman–Crippen LogP) is 2.56. The van der Waals surface area contributed by atoms with Crippen LogP contribution in [0.4, 0.5) is 5.69 Å². The number of H-pyrrole nitrogens is 2. The molecular weight excluding hydrogens is 328 g/mol. The standard InChI is InChI=1S/C19H20N6O/c1-24-7-9-25(10-8-24)12-5-6-14-15(11-12)21-19(20-14)18-13-3-2-4-16(26)17(13)22-23-18/h2-6,11,26H,7-10H2,1H3,(H,20,21)(H,22,23). The maximum absolute atomic E-state index is 9.96. The van der Waals surface area contributed by atoms with Gasteiger partial charge in [0.1, 0.15) is 17.0 Å². The summed E-state index contributed by atoms with van der Waals surface area (Å²) in [5.74, 6) is 0.891. The molecule has 1 fully saturated rings. The van der Waals surface area contributed by atoms with Crippen LogP contribution in [0.3, 0.4) is 0 Å². The third-order valence-corrected chi connectivity index (χ3v) is 5.14. The van der Waals surface area contributed by atoms with Gasteiger partial charge in [0.05, 0.1) is 11.0 Å². The summed E-state index contributed by atoms with van der Waals surface area (Å²) in [6.45, 7) is 4.21. The number of nitrogens with one attached hydrogen (secondary N) is 2. The molecule has 0 radical (unpaired) electrons. The van der Waals surface area contributed by atoms with Crippen molar-refractivity contribution >= 4 is 27.6 Å². The van der Waals surface area contributed by atoms with E-state index in [2.05, 4.69) is 50.2 Å². The highest BCUT2D eigenvalue weighted by Gasteiger charge is 2.17. The summed E-state index contributed by atoms with van der Waals surface area (Å²) in [6.07, 6.45) is 0. The molecule has 0 bridgehead atoms. The van der Waals surface area contributed by atoms with Crippen molar-refractivity contribution in [3.63, 3.8) is 0 Å². The molecule has 3 heterocycles. The number of nitrogens with zero attached hydrogens (tertiary/aromatic N) is 4. The van der Waals surface area contributed by atoms with Gasteiger partial charge in [0, 0.05) is 37.3 Å². The summed E-state index contributed by atoms with van der Waals surface area (Å²) in [5, 5.41) is 18.1. The summed E-state index contributed by atoms with van der Waals surface area (Å²) in [4.78, 5) is 12.8. The number of phenolic OH excluding ortho intramolecular Hbond substituents is 1. The third kappa shape index (κ3) is 2.40. The lowest BCUT2D eigenvalue weighted by Crippen LogP contribution is -2.44. The lowest BCUT2D eigenvalue weighted by atomic mass is 10.2. The second kappa shape index (κ2) is 5.74. The topological polar surface area (TPSA) is 84.1 Å². The Morgan fingerprint density at radius 3 is 2.77 bits per heavy atom. The average Bonchev–Trinajstić information content (AvgIpc) is 3.26. The van der Waals surface area contributed by atoms with E-state index in [-0.39, 0.29) is 5.75 Å². The van der Waals surface area contributed by atoms with Gasteiger partial charge in [-0.05, 0) is 31.3 Å². The largest absolute Gasteiger partial charge is 0.506 e. The van der Waals surface area contributed by atoms with E-state index in [1.54, 1.807) is 6.07 Å². The van der Waals surface area contributed by atoms with Crippen LogP contribution in [0.15, 0.2) is 36.4 Å². The number of hydrogen-bond acceptors (Lipinski definition) is 5. The van der Waals surface area contributed by atoms with E-state index in [0.29, 0.717) is 17.0 Å². The first kappa shape index (κ1) is 15.2. The predicted molar refractivity (Wildman–Crippen MR) is 103 cm³/mol. The molecule has 2 aromatic heterocycles. The maximum atomic E-state index is 9.96. The van der Waals surface area contributed by atoms with Gasteiger partial charge < -0.3 is 19.9 Å². The zero-order valence-electron chi connectivity index (χ0n) is 14.5. The normalized spacial score (nSPS) is 16.0. The molecule has 0 aliphatic carbocycles. The second-order valence-electron chi connectivity index (χ2n) is 6.85. The molecule has 0 atom stereocenters. The van der Waals surface area contributed by atoms with Gasteiger partial charge in [-0.2, -0.15) is 5.10 Å². The first-order chi connectivity index (χ1) is 12.7. The number of phenols is 1. The molecule has 132 valence electrons. The quantitative estimate of drug-likeness (QED) is 0.518. The molecule has 0 spiro atoms. The van der Waals surface area contributed by atoms with Gasteiger partial charge in [0.15, 0.2) is 5.82 Å². The Balaban J connectivity index is 1.54. The van der Waals surface area contributed by atoms with Crippen LogP contribution in [0.5, 0.6) is 5.75 Å². The average molecular weight is 348 g/mol. The van der Waals surface area contributed by atoms with E-state index in [0.717, 1.165) is 42.6 Å². The number of rotatable bonds is 2. The Labute approximate surface area is 150 Å². The van der Waals surface area contributed by atoms with Crippen LogP contribution in [0.25, 0.3) is 33.5 Å². The monoisotopic (exact) mass is 348 g/mol. The third-order valence-electron chi connectivity index (χ3n) is 5.14. The number of imidazole rings is 1. The first-order valence-electron chi connectivity index (χ1n) is 8.79. The number of piperazine rings is 1. The number of hydrogen-bond donors (Lipinski definition) is 3. The fourth-order valence-electron chi connectivity index (χ4n) is 3.58. The van der Waals surface area contributed by atoms with Crippen molar-refractivity contribution in [2.45, 2.75) is 0 Å². The summed E-state index contributed by atoms with van der Waals surface area (Å²) in [5.41, 5.74) is 4.45. The number of fused-ring (bicyclic) bond motifs is 2. The number of benzene rings is 2. The van der Waals surface area contributed by atoms with Crippen molar-refractivity contribution in [2.75, 3.05) is 38.1 Å². The number of aromatic amines is 2. The summed E-state index contributed by atoms with van der Waals surface area (Å²) >= 11 is 0. The molecule has 0 unspecified atom stereocenters. The summed E-state index contributed by atoms with van der Waals surface area (Å²) in [6, 6.07) is 11.7. The van der Waals surface area contributed by atoms with Crippen molar-refractivity contribution in [1.82, 2.24) is 25.1 Å². The molecule has 4 aromatic rings. The van der Waals surface area contributed by atoms with Crippen LogP contribution in [0.1, 0.15) is 0 Å². The van der Waals surface area contributed by atoms with E-state index in [1.807, 2.05) is 12.1 Å². The molecule has 1 aliphatic rings. The van der Waals surface area contributed by atoms with Gasteiger partial charge in [-0.1, -0.05) is 12.1 Å². The van der Waals surface area contributed by atoms with Crippen LogP contribution < -0.4 is 4.90 Å². The minimum atomic E-state index is 0.190. The van der Waals surface area contributed by atoms with Crippen molar-refractivity contribution in [3.05, 3.63) is 36.4 Å². The minimum absolute atomic E-state index is 0.190. The van der Waals surface area contributed by atoms with E-state index >= 15 is 0 Å². The molecule has 5 rings (SSSR count). The Morgan fingerprint density at radius 2 is 1.92 bits per heavy atom. The molecule has 26 heavy (non-hydrogen) atoms. The number of aromatic hydroxyl groups is 1. The number of para-hydroxylation sites is 1. The van der Waals surface area contributed by atoms with Crippen molar-refractivity contribution in [3.8, 4) is 17.3 Å². The van der Waals surface area contributed by atoms with E-state index in [9.17, 15) is 5.11 Å². The van der Waals surface area contributed by atoms with Gasteiger partial charge in [0.25, 0.3) is 0 Å². The molecule has 7 heteroatoms. The Kier molecular flexibility index (Phi) is 3.36. The van der Waals surface area contributed by atoms with Crippen molar-refractivity contribution in [1.29, 1.82) is 0 Å². The van der Waals surface area contributed by atoms with Crippen LogP contribution in [-0.2, 0) is 0 Å². The molecule has 7 nitrogen and oxygen atoms in total. The van der Waals surface area contributed by atoms with Gasteiger partial charge in [-0.3, -0.25) is 5.10 Å². The Bertz CT molecular complexity index is 1090. The van der Waals surface area contributed by atoms with E-state index < -0.39 is 0 Å². The molecule has 0 saturated carbocycles. The van der Waals surface area contributed by atoms with E-state index in [4.69, 9.17) is 4.98 Å². The van der Waals surface area contributed by atoms with Crippen molar-refractivity contribution < 1.29 is 5.11 Å². The highest BCUT2D eigenvalue weighted by molar-refractivity contribution is 5.96. The highest BCUT2D eigenvalue weighted by Crippen LogP contribution is 2.31. The summed E-state index contributed by atoms with van der Waals surface area (Å²) < 4.78 is 0. The fraction of sp³-hybridized carbons (Fsp3) is 0.263. The van der Waals surface area contributed by atoms with E-state index in [1.165, 1.54) is 5.69 Å². The Hall–Kier alpha value is -3.06. The molecular formula is C19H20N6O. The number of likely N-dealkylation sites (N-methyl/N-ethyl adjacent to an activating group) is 1. The van der Waals surface area contributed by atoms with Gasteiger partial charge in [-0.15, -0.1) is 0 Å². The zero-order valence-corrected chi connectivity index (χ0v) is 14.5. The van der Waals surface area contributed by atoms with Gasteiger partial charge >= 0.3 is 0 Å². The molecule has 1 saturated heterocycles. The van der Waals surface area contributed by atoms with Crippen LogP contribution >= 0.6 is 0 Å². The lowest BCUT2D eigenvalue weighted by Gasteiger charge is -2.34. The lowest BCUT2D eigenvalue weighted by molar-refractivity contribution is 0.313. The summed E-state index contributed by atoms with van der Waals surface area (Å²) in [7, 11) is 2.16. The maximum Gasteiger partial charge on any atom is 0.159 e. The first-order valence-corrected chi connectivity index (χ1v) is 8.79. The van der Waals surface area contributed by atoms with Crippen molar-refractivity contribution in [2.24, 2.45) is 0 Å². The highest BCUT2D eigenvalue weighted by atomic mass is 16.3. The molecule has 1 aliphatic heterocycles. The van der Waals surface area contributed by atoms with Crippen LogP contribution in [0, 0.1) is 0 Å². The fourth-order valence-corrected chi connectivity index (χ4v) is 3.58. The Morgan fingerprint density at radius 1 is 1.08 bits per heavy atom. The van der Waals surface area contributed by atoms with Crippen LogP contribution in [0.2, 0.25) is 0 Å². The number of aromatic nitrogens is 4. The minimum Gasteiger partial charge on any atom is -0.506 e. The second-order valence-corrected chi connectivity index (χ2v) is 6.85. The van der Waals surface area contributed by atoms with Gasteiger partial charge in [0.2, 0.25) is 0 Å². The SMILES string of the molecule is CN1CCN(c2ccc3[nH]c(-c4n[nH]c5c(O)cccc45)nc3c2)CC1. The van der Waals surface area contributed by atoms with Gasteiger partial charge in [-0.25, -0.2) is 4.98 Å². The van der Waals surface area contributed by atoms with Crippen LogP contribution in [-0.4, -0.2) is 63.4 Å².